The van der Waals surface area contributed by atoms with Crippen molar-refractivity contribution < 1.29 is 4.57 Å². The maximum absolute atomic E-state index is 4.27. The van der Waals surface area contributed by atoms with Crippen LogP contribution in [0.4, 0.5) is 0 Å². The number of pyridine rings is 1. The van der Waals surface area contributed by atoms with Crippen molar-refractivity contribution in [2.75, 3.05) is 12.8 Å². The Bertz CT molecular complexity index is 442. The van der Waals surface area contributed by atoms with Gasteiger partial charge in [0.1, 0.15) is 6.54 Å². The first-order chi connectivity index (χ1) is 13.8. The van der Waals surface area contributed by atoms with Gasteiger partial charge in [0.05, 0.1) is 0 Å². The second-order valence-electron chi connectivity index (χ2n) is 8.34. The monoisotopic (exact) mass is 407 g/mol. The second kappa shape index (κ2) is 18.5. The van der Waals surface area contributed by atoms with Gasteiger partial charge in [0.2, 0.25) is 0 Å². The molecule has 1 N–H and O–H groups in total. The Morgan fingerprint density at radius 1 is 0.821 bits per heavy atom. The summed E-state index contributed by atoms with van der Waals surface area (Å²) in [6, 6.07) is 5.36. The molecule has 1 aromatic rings. The second-order valence-corrected chi connectivity index (χ2v) is 8.79. The van der Waals surface area contributed by atoms with E-state index in [1.165, 1.54) is 108 Å². The molecule has 162 valence electrons. The van der Waals surface area contributed by atoms with Gasteiger partial charge in [-0.05, 0) is 56.9 Å². The molecular weight excluding hydrogens is 360 g/mol. The van der Waals surface area contributed by atoms with Crippen LogP contribution in [0, 0.1) is 0 Å². The highest BCUT2D eigenvalue weighted by Crippen LogP contribution is 2.11. The van der Waals surface area contributed by atoms with Gasteiger partial charge in [0, 0.05) is 24.6 Å². The number of aromatic nitrogens is 1. The molecule has 2 nitrogen and oxygen atoms in total. The first-order valence-electron chi connectivity index (χ1n) is 12.1. The molecule has 0 amide bonds. The summed E-state index contributed by atoms with van der Waals surface area (Å²) in [5.74, 6) is 1.05. The van der Waals surface area contributed by atoms with Crippen molar-refractivity contribution in [2.24, 2.45) is 0 Å². The molecule has 1 aromatic heterocycles. The van der Waals surface area contributed by atoms with Gasteiger partial charge in [0.15, 0.2) is 12.4 Å². The molecule has 1 atom stereocenters. The number of nitrogens with one attached hydrogen (secondary N) is 1. The normalized spacial score (nSPS) is 12.4. The van der Waals surface area contributed by atoms with Crippen molar-refractivity contribution in [1.82, 2.24) is 5.32 Å². The number of rotatable bonds is 19. The number of hydrogen-bond donors (Lipinski definition) is 2. The quantitative estimate of drug-likeness (QED) is 0.152. The fraction of sp³-hybridized carbons (Fsp3) is 0.800. The Balaban J connectivity index is 2.00. The molecule has 28 heavy (non-hydrogen) atoms. The smallest absolute Gasteiger partial charge is 0.169 e. The van der Waals surface area contributed by atoms with Gasteiger partial charge < -0.3 is 5.32 Å². The van der Waals surface area contributed by atoms with Gasteiger partial charge in [-0.3, -0.25) is 0 Å². The molecule has 1 rings (SSSR count). The average molecular weight is 408 g/mol. The zero-order chi connectivity index (χ0) is 20.3. The van der Waals surface area contributed by atoms with Crippen molar-refractivity contribution in [1.29, 1.82) is 0 Å². The third kappa shape index (κ3) is 13.6. The number of nitrogens with zero attached hydrogens (tertiary/aromatic N) is 1. The molecule has 0 aliphatic rings. The van der Waals surface area contributed by atoms with Crippen molar-refractivity contribution in [3.05, 3.63) is 30.1 Å². The van der Waals surface area contributed by atoms with Crippen LogP contribution < -0.4 is 9.88 Å². The lowest BCUT2D eigenvalue weighted by Crippen LogP contribution is -2.32. The topological polar surface area (TPSA) is 15.9 Å². The van der Waals surface area contributed by atoms with Gasteiger partial charge in [-0.2, -0.15) is 12.6 Å². The van der Waals surface area contributed by atoms with E-state index in [-0.39, 0.29) is 0 Å². The molecule has 1 unspecified atom stereocenters. The van der Waals surface area contributed by atoms with Gasteiger partial charge in [0.25, 0.3) is 0 Å². The van der Waals surface area contributed by atoms with Gasteiger partial charge >= 0.3 is 0 Å². The van der Waals surface area contributed by atoms with E-state index < -0.39 is 0 Å². The minimum absolute atomic E-state index is 0.707. The number of thiol groups is 1. The lowest BCUT2D eigenvalue weighted by molar-refractivity contribution is -0.697. The average Bonchev–Trinajstić information content (AvgIpc) is 2.73. The Kier molecular flexibility index (Phi) is 16.8. The highest BCUT2D eigenvalue weighted by atomic mass is 32.1. The highest BCUT2D eigenvalue weighted by molar-refractivity contribution is 7.80. The SMILES string of the molecule is CCC(CCCCCc1cc[n+](CCCCCCCCCCCS)cc1)NC. The minimum Gasteiger partial charge on any atom is -0.317 e. The predicted molar refractivity (Wildman–Crippen MR) is 127 cm³/mol. The predicted octanol–water partition coefficient (Wildman–Crippen LogP) is 6.52. The summed E-state index contributed by atoms with van der Waals surface area (Å²) in [5.41, 5.74) is 1.50. The van der Waals surface area contributed by atoms with E-state index in [2.05, 4.69) is 61.0 Å². The third-order valence-electron chi connectivity index (χ3n) is 5.95. The minimum atomic E-state index is 0.707. The first kappa shape index (κ1) is 25.5. The molecule has 0 spiro atoms. The van der Waals surface area contributed by atoms with Crippen LogP contribution in [-0.2, 0) is 13.0 Å². The van der Waals surface area contributed by atoms with Crippen LogP contribution in [0.3, 0.4) is 0 Å². The van der Waals surface area contributed by atoms with Crippen LogP contribution in [0.5, 0.6) is 0 Å². The Hall–Kier alpha value is -0.540. The standard InChI is InChI=1S/C25H46N2S/c1-3-25(26-2)17-13-11-12-16-24-18-21-27(22-19-24)20-14-9-7-5-4-6-8-10-15-23-28/h18-19,21-22,25-26H,3-17,20,23H2,1-2H3/p+1. The fourth-order valence-electron chi connectivity index (χ4n) is 3.90. The van der Waals surface area contributed by atoms with Gasteiger partial charge in [-0.25, -0.2) is 4.57 Å². The zero-order valence-corrected chi connectivity index (χ0v) is 19.7. The maximum atomic E-state index is 4.27. The van der Waals surface area contributed by atoms with Crippen molar-refractivity contribution in [3.8, 4) is 0 Å². The van der Waals surface area contributed by atoms with Crippen LogP contribution >= 0.6 is 12.6 Å². The summed E-state index contributed by atoms with van der Waals surface area (Å²) in [4.78, 5) is 0. The summed E-state index contributed by atoms with van der Waals surface area (Å²) in [7, 11) is 2.08. The lowest BCUT2D eigenvalue weighted by atomic mass is 10.0. The summed E-state index contributed by atoms with van der Waals surface area (Å²) in [6.07, 6.45) is 24.8. The summed E-state index contributed by atoms with van der Waals surface area (Å²) >= 11 is 4.27. The van der Waals surface area contributed by atoms with Crippen LogP contribution in [0.15, 0.2) is 24.5 Å². The molecule has 3 heteroatoms. The lowest BCUT2D eigenvalue weighted by Gasteiger charge is -2.12. The molecule has 0 aliphatic carbocycles. The van der Waals surface area contributed by atoms with E-state index in [0.717, 1.165) is 5.75 Å². The van der Waals surface area contributed by atoms with E-state index in [1.807, 2.05) is 0 Å². The Morgan fingerprint density at radius 3 is 1.96 bits per heavy atom. The fourth-order valence-corrected chi connectivity index (χ4v) is 4.12. The first-order valence-corrected chi connectivity index (χ1v) is 12.7. The van der Waals surface area contributed by atoms with Crippen molar-refractivity contribution >= 4 is 12.6 Å². The molecule has 0 aliphatic heterocycles. The molecule has 0 bridgehead atoms. The van der Waals surface area contributed by atoms with Crippen LogP contribution in [0.25, 0.3) is 0 Å². The number of unbranched alkanes of at least 4 members (excludes halogenated alkanes) is 10. The largest absolute Gasteiger partial charge is 0.317 e. The van der Waals surface area contributed by atoms with E-state index >= 15 is 0 Å². The molecule has 0 fully saturated rings. The molecule has 0 aromatic carbocycles. The van der Waals surface area contributed by atoms with Crippen LogP contribution in [0.1, 0.15) is 102 Å². The Morgan fingerprint density at radius 2 is 1.39 bits per heavy atom. The summed E-state index contributed by atoms with van der Waals surface area (Å²) < 4.78 is 2.36. The zero-order valence-electron chi connectivity index (χ0n) is 18.8. The van der Waals surface area contributed by atoms with Gasteiger partial charge in [-0.1, -0.05) is 58.3 Å². The molecular formula is C25H47N2S+. The summed E-state index contributed by atoms with van der Waals surface area (Å²) in [6.45, 7) is 3.44. The highest BCUT2D eigenvalue weighted by Gasteiger charge is 2.04. The van der Waals surface area contributed by atoms with E-state index in [0.29, 0.717) is 6.04 Å². The van der Waals surface area contributed by atoms with Crippen molar-refractivity contribution in [2.45, 2.75) is 116 Å². The van der Waals surface area contributed by atoms with E-state index in [9.17, 15) is 0 Å². The maximum Gasteiger partial charge on any atom is 0.169 e. The number of aryl methyl sites for hydroxylation is 2. The number of hydrogen-bond acceptors (Lipinski definition) is 2. The molecule has 0 saturated heterocycles. The van der Waals surface area contributed by atoms with Crippen LogP contribution in [0.2, 0.25) is 0 Å². The summed E-state index contributed by atoms with van der Waals surface area (Å²) in [5, 5.41) is 3.40. The van der Waals surface area contributed by atoms with Crippen molar-refractivity contribution in [3.63, 3.8) is 0 Å². The molecule has 1 heterocycles. The molecule has 0 radical (unpaired) electrons. The van der Waals surface area contributed by atoms with Crippen LogP contribution in [-0.4, -0.2) is 18.8 Å². The van der Waals surface area contributed by atoms with Gasteiger partial charge in [-0.15, -0.1) is 0 Å². The molecule has 0 saturated carbocycles. The Labute approximate surface area is 181 Å². The van der Waals surface area contributed by atoms with E-state index in [1.54, 1.807) is 0 Å². The van der Waals surface area contributed by atoms with E-state index in [4.69, 9.17) is 0 Å². The third-order valence-corrected chi connectivity index (χ3v) is 6.27.